The molecule has 0 saturated heterocycles. The second-order valence-corrected chi connectivity index (χ2v) is 3.88. The minimum atomic E-state index is 0.786. The number of hydrogen-bond donors (Lipinski definition) is 1. The average molecular weight is 179 g/mol. The zero-order valence-corrected chi connectivity index (χ0v) is 8.16. The maximum Gasteiger partial charge on any atom is 0.105 e. The fourth-order valence-electron chi connectivity index (χ4n) is 2.18. The van der Waals surface area contributed by atoms with Crippen molar-refractivity contribution >= 4 is 0 Å². The molecule has 1 aromatic rings. The average Bonchev–Trinajstić information content (AvgIpc) is 2.48. The molecule has 1 unspecified atom stereocenters. The molecule has 2 rings (SSSR count). The van der Waals surface area contributed by atoms with Crippen molar-refractivity contribution in [2.75, 3.05) is 6.54 Å². The van der Waals surface area contributed by atoms with Crippen LogP contribution in [0.3, 0.4) is 0 Å². The summed E-state index contributed by atoms with van der Waals surface area (Å²) in [6.07, 6.45) is 5.60. The molecule has 13 heavy (non-hydrogen) atoms. The maximum absolute atomic E-state index is 5.56. The maximum atomic E-state index is 5.56. The van der Waals surface area contributed by atoms with E-state index in [1.165, 1.54) is 12.1 Å². The third kappa shape index (κ3) is 1.61. The highest BCUT2D eigenvalue weighted by Gasteiger charge is 2.19. The third-order valence-electron chi connectivity index (χ3n) is 2.97. The number of aromatic nitrogens is 2. The molecule has 0 aromatic carbocycles. The lowest BCUT2D eigenvalue weighted by Gasteiger charge is -2.23. The zero-order chi connectivity index (χ0) is 9.26. The summed E-state index contributed by atoms with van der Waals surface area (Å²) >= 11 is 0. The lowest BCUT2D eigenvalue weighted by Crippen LogP contribution is -2.21. The summed E-state index contributed by atoms with van der Waals surface area (Å²) in [4.78, 5) is 4.32. The monoisotopic (exact) mass is 179 g/mol. The zero-order valence-electron chi connectivity index (χ0n) is 8.16. The highest BCUT2D eigenvalue weighted by molar-refractivity contribution is 5.07. The first-order valence-electron chi connectivity index (χ1n) is 5.02. The number of fused-ring (bicyclic) bond motifs is 1. The summed E-state index contributed by atoms with van der Waals surface area (Å²) < 4.78 is 2.33. The summed E-state index contributed by atoms with van der Waals surface area (Å²) in [5.74, 6) is 1.94. The second kappa shape index (κ2) is 3.50. The fraction of sp³-hybridized carbons (Fsp3) is 0.700. The molecule has 2 heterocycles. The molecule has 1 aliphatic rings. The molecule has 0 amide bonds. The van der Waals surface area contributed by atoms with Gasteiger partial charge in [-0.15, -0.1) is 0 Å². The molecule has 3 heteroatoms. The quantitative estimate of drug-likeness (QED) is 0.739. The van der Waals surface area contributed by atoms with Crippen LogP contribution in [0.2, 0.25) is 0 Å². The minimum absolute atomic E-state index is 0.786. The number of nitrogens with two attached hydrogens (primary N) is 1. The number of aryl methyl sites for hydroxylation is 1. The summed E-state index contributed by atoms with van der Waals surface area (Å²) in [6.45, 7) is 4.02. The van der Waals surface area contributed by atoms with Crippen molar-refractivity contribution in [1.82, 2.24) is 9.55 Å². The smallest absolute Gasteiger partial charge is 0.105 e. The largest absolute Gasteiger partial charge is 0.332 e. The number of hydrogen-bond acceptors (Lipinski definition) is 2. The van der Waals surface area contributed by atoms with Crippen molar-refractivity contribution in [3.05, 3.63) is 17.7 Å². The van der Waals surface area contributed by atoms with Gasteiger partial charge in [-0.2, -0.15) is 0 Å². The standard InChI is InChI=1S/C10H17N3/c1-8-12-7-10-6-9(2-4-11)3-5-13(8)10/h7,9H,2-6,11H2,1H3. The van der Waals surface area contributed by atoms with Gasteiger partial charge in [-0.3, -0.25) is 0 Å². The van der Waals surface area contributed by atoms with E-state index in [0.29, 0.717) is 0 Å². The Kier molecular flexibility index (Phi) is 2.36. The Hall–Kier alpha value is -0.830. The summed E-state index contributed by atoms with van der Waals surface area (Å²) in [5, 5.41) is 0. The van der Waals surface area contributed by atoms with Crippen molar-refractivity contribution < 1.29 is 0 Å². The van der Waals surface area contributed by atoms with Gasteiger partial charge in [0.05, 0.1) is 0 Å². The number of nitrogens with zero attached hydrogens (tertiary/aromatic N) is 2. The van der Waals surface area contributed by atoms with Gasteiger partial charge in [0.2, 0.25) is 0 Å². The molecular formula is C10H17N3. The number of rotatable bonds is 2. The highest BCUT2D eigenvalue weighted by Crippen LogP contribution is 2.23. The SMILES string of the molecule is Cc1ncc2n1CCC(CCN)C2. The second-order valence-electron chi connectivity index (χ2n) is 3.88. The lowest BCUT2D eigenvalue weighted by molar-refractivity contribution is 0.368. The molecular weight excluding hydrogens is 162 g/mol. The van der Waals surface area contributed by atoms with Crippen LogP contribution in [0.4, 0.5) is 0 Å². The Labute approximate surface area is 79.0 Å². The van der Waals surface area contributed by atoms with Crippen LogP contribution in [0.15, 0.2) is 6.20 Å². The Bertz CT molecular complexity index is 290. The minimum Gasteiger partial charge on any atom is -0.332 e. The van der Waals surface area contributed by atoms with Crippen LogP contribution >= 0.6 is 0 Å². The first-order chi connectivity index (χ1) is 6.31. The van der Waals surface area contributed by atoms with E-state index in [1.807, 2.05) is 6.20 Å². The van der Waals surface area contributed by atoms with Gasteiger partial charge in [0.25, 0.3) is 0 Å². The highest BCUT2D eigenvalue weighted by atomic mass is 15.1. The van der Waals surface area contributed by atoms with Crippen molar-refractivity contribution in [2.45, 2.75) is 32.7 Å². The van der Waals surface area contributed by atoms with E-state index < -0.39 is 0 Å². The van der Waals surface area contributed by atoms with E-state index in [9.17, 15) is 0 Å². The lowest BCUT2D eigenvalue weighted by atomic mass is 9.93. The van der Waals surface area contributed by atoms with Crippen molar-refractivity contribution in [3.63, 3.8) is 0 Å². The Morgan fingerprint density at radius 2 is 2.54 bits per heavy atom. The molecule has 0 fully saturated rings. The molecule has 1 aliphatic heterocycles. The molecule has 0 aliphatic carbocycles. The van der Waals surface area contributed by atoms with Crippen LogP contribution in [0.1, 0.15) is 24.4 Å². The summed E-state index contributed by atoms with van der Waals surface area (Å²) in [6, 6.07) is 0. The van der Waals surface area contributed by atoms with E-state index in [1.54, 1.807) is 0 Å². The molecule has 1 atom stereocenters. The summed E-state index contributed by atoms with van der Waals surface area (Å²) in [5.41, 5.74) is 6.95. The third-order valence-corrected chi connectivity index (χ3v) is 2.97. The van der Waals surface area contributed by atoms with Crippen LogP contribution in [-0.2, 0) is 13.0 Å². The number of imidazole rings is 1. The predicted molar refractivity (Wildman–Crippen MR) is 52.4 cm³/mol. The van der Waals surface area contributed by atoms with Gasteiger partial charge in [-0.05, 0) is 38.6 Å². The van der Waals surface area contributed by atoms with Crippen LogP contribution in [-0.4, -0.2) is 16.1 Å². The van der Waals surface area contributed by atoms with Crippen LogP contribution in [0.25, 0.3) is 0 Å². The van der Waals surface area contributed by atoms with Crippen molar-refractivity contribution in [2.24, 2.45) is 11.7 Å². The van der Waals surface area contributed by atoms with E-state index in [2.05, 4.69) is 16.5 Å². The Morgan fingerprint density at radius 1 is 1.69 bits per heavy atom. The van der Waals surface area contributed by atoms with E-state index in [0.717, 1.165) is 37.7 Å². The molecule has 0 radical (unpaired) electrons. The van der Waals surface area contributed by atoms with Crippen LogP contribution in [0.5, 0.6) is 0 Å². The summed E-state index contributed by atoms with van der Waals surface area (Å²) in [7, 11) is 0. The Balaban J connectivity index is 2.11. The first-order valence-corrected chi connectivity index (χ1v) is 5.02. The molecule has 0 bridgehead atoms. The molecule has 3 nitrogen and oxygen atoms in total. The van der Waals surface area contributed by atoms with Gasteiger partial charge in [0.15, 0.2) is 0 Å². The van der Waals surface area contributed by atoms with E-state index >= 15 is 0 Å². The van der Waals surface area contributed by atoms with Crippen LogP contribution < -0.4 is 5.73 Å². The van der Waals surface area contributed by atoms with Gasteiger partial charge in [-0.25, -0.2) is 4.98 Å². The molecule has 0 spiro atoms. The van der Waals surface area contributed by atoms with E-state index in [4.69, 9.17) is 5.73 Å². The topological polar surface area (TPSA) is 43.8 Å². The van der Waals surface area contributed by atoms with Crippen molar-refractivity contribution in [3.8, 4) is 0 Å². The van der Waals surface area contributed by atoms with Gasteiger partial charge in [0.1, 0.15) is 5.82 Å². The molecule has 0 saturated carbocycles. The van der Waals surface area contributed by atoms with Gasteiger partial charge in [0, 0.05) is 18.4 Å². The van der Waals surface area contributed by atoms with E-state index in [-0.39, 0.29) is 0 Å². The van der Waals surface area contributed by atoms with Crippen LogP contribution in [0, 0.1) is 12.8 Å². The fourth-order valence-corrected chi connectivity index (χ4v) is 2.18. The molecule has 72 valence electrons. The van der Waals surface area contributed by atoms with Gasteiger partial charge in [-0.1, -0.05) is 0 Å². The molecule has 1 aromatic heterocycles. The molecule has 2 N–H and O–H groups in total. The van der Waals surface area contributed by atoms with Gasteiger partial charge < -0.3 is 10.3 Å². The predicted octanol–water partition coefficient (Wildman–Crippen LogP) is 1.10. The normalized spacial score (nSPS) is 21.5. The van der Waals surface area contributed by atoms with Gasteiger partial charge >= 0.3 is 0 Å². The van der Waals surface area contributed by atoms with Crippen molar-refractivity contribution in [1.29, 1.82) is 0 Å². The Morgan fingerprint density at radius 3 is 3.31 bits per heavy atom. The first kappa shape index (κ1) is 8.75.